The highest BCUT2D eigenvalue weighted by Gasteiger charge is 2.44. The van der Waals surface area contributed by atoms with Crippen LogP contribution < -0.4 is 16.1 Å². The maximum Gasteiger partial charge on any atom is 0.324 e. The molecule has 2 saturated heterocycles. The Labute approximate surface area is 393 Å². The Morgan fingerprint density at radius 2 is 1.82 bits per heavy atom. The number of cyclic esters (lactones) is 1. The molecule has 4 amide bonds. The number of benzene rings is 2. The first-order chi connectivity index (χ1) is 31.8. The number of aryl methyl sites for hydroxylation is 1. The van der Waals surface area contributed by atoms with E-state index < -0.39 is 53.3 Å². The van der Waals surface area contributed by atoms with Crippen molar-refractivity contribution in [3.8, 4) is 28.1 Å². The van der Waals surface area contributed by atoms with E-state index >= 15 is 0 Å². The number of esters is 1. The van der Waals surface area contributed by atoms with Crippen molar-refractivity contribution in [3.63, 3.8) is 0 Å². The van der Waals surface area contributed by atoms with Crippen LogP contribution in [0.25, 0.3) is 33.3 Å². The minimum atomic E-state index is -1.18. The molecule has 16 nitrogen and oxygen atoms in total. The molecule has 0 saturated carbocycles. The largest absolute Gasteiger partial charge is 0.508 e. The van der Waals surface area contributed by atoms with Crippen molar-refractivity contribution in [1.29, 1.82) is 0 Å². The SMILES string of the molecule is CCn1c(-c2cccnc2C(C)C)c2c3cc(ccc31)-c1cc(O)cc(c1)C[C@H](NC(=O)[C@H](C(C)C)N(C)C(=O)CN(C)C(=O)[C@@H]1N[C@H]1COC)C(=O)N1CCC[C@H](N1)C(=O)OCC(C)(C)C2. The summed E-state index contributed by atoms with van der Waals surface area (Å²) in [5.74, 6) is -2.48. The van der Waals surface area contributed by atoms with Gasteiger partial charge in [0.25, 0.3) is 5.91 Å². The molecule has 3 aliphatic heterocycles. The number of fused-ring (bicyclic) bond motifs is 6. The van der Waals surface area contributed by atoms with Crippen LogP contribution in [0.1, 0.15) is 84.0 Å². The number of hydrazine groups is 1. The number of ether oxygens (including phenoxy) is 2. The predicted octanol–water partition coefficient (Wildman–Crippen LogP) is 4.80. The number of amides is 4. The van der Waals surface area contributed by atoms with Crippen LogP contribution in [-0.2, 0) is 52.8 Å². The summed E-state index contributed by atoms with van der Waals surface area (Å²) in [6.07, 6.45) is 3.33. The topological polar surface area (TPSA) is 198 Å². The number of nitrogens with zero attached hydrogens (tertiary/aromatic N) is 5. The Kier molecular flexibility index (Phi) is 14.8. The van der Waals surface area contributed by atoms with Gasteiger partial charge < -0.3 is 34.3 Å². The van der Waals surface area contributed by atoms with E-state index in [2.05, 4.69) is 73.4 Å². The van der Waals surface area contributed by atoms with Crippen LogP contribution in [0.5, 0.6) is 5.75 Å². The van der Waals surface area contributed by atoms with E-state index in [-0.39, 0.29) is 55.7 Å². The Morgan fingerprint density at radius 1 is 1.06 bits per heavy atom. The summed E-state index contributed by atoms with van der Waals surface area (Å²) in [7, 11) is 4.62. The zero-order valence-corrected chi connectivity index (χ0v) is 40.6. The molecule has 0 aliphatic carbocycles. The molecule has 67 heavy (non-hydrogen) atoms. The number of aromatic hydroxyl groups is 1. The number of rotatable bonds is 12. The number of nitrogens with one attached hydrogen (secondary N) is 3. The fourth-order valence-electron chi connectivity index (χ4n) is 9.80. The number of carbonyl (C=O) groups is 5. The van der Waals surface area contributed by atoms with Crippen molar-refractivity contribution in [2.24, 2.45) is 11.3 Å². The predicted molar refractivity (Wildman–Crippen MR) is 256 cm³/mol. The third-order valence-corrected chi connectivity index (χ3v) is 13.2. The summed E-state index contributed by atoms with van der Waals surface area (Å²) in [5, 5.41) is 19.8. The molecule has 7 rings (SSSR count). The monoisotopic (exact) mass is 921 g/mol. The number of carbonyl (C=O) groups excluding carboxylic acids is 5. The Balaban J connectivity index is 1.27. The van der Waals surface area contributed by atoms with E-state index in [9.17, 15) is 29.1 Å². The highest BCUT2D eigenvalue weighted by molar-refractivity contribution is 5.96. The van der Waals surface area contributed by atoms with Gasteiger partial charge in [-0.15, -0.1) is 0 Å². The maximum atomic E-state index is 14.7. The molecule has 3 aliphatic rings. The van der Waals surface area contributed by atoms with Gasteiger partial charge in [-0.05, 0) is 96.7 Å². The summed E-state index contributed by atoms with van der Waals surface area (Å²) in [6.45, 7) is 15.4. The minimum Gasteiger partial charge on any atom is -0.508 e. The number of pyridine rings is 1. The molecule has 16 heteroatoms. The van der Waals surface area contributed by atoms with Gasteiger partial charge in [-0.25, -0.2) is 5.43 Å². The minimum absolute atomic E-state index is 0.0115. The molecule has 360 valence electrons. The number of aromatic nitrogens is 2. The molecule has 0 spiro atoms. The van der Waals surface area contributed by atoms with Crippen molar-refractivity contribution in [2.45, 2.75) is 117 Å². The third-order valence-electron chi connectivity index (χ3n) is 13.2. The normalized spacial score (nSPS) is 21.2. The van der Waals surface area contributed by atoms with Crippen LogP contribution >= 0.6 is 0 Å². The highest BCUT2D eigenvalue weighted by Crippen LogP contribution is 2.42. The zero-order valence-electron chi connectivity index (χ0n) is 40.6. The Bertz CT molecular complexity index is 2520. The summed E-state index contributed by atoms with van der Waals surface area (Å²) in [6, 6.07) is 12.0. The number of phenolic OH excluding ortho intramolecular Hbond substituents is 1. The van der Waals surface area contributed by atoms with Crippen molar-refractivity contribution < 1.29 is 38.6 Å². The molecule has 0 radical (unpaired) electrons. The molecule has 2 fully saturated rings. The molecule has 4 aromatic rings. The lowest BCUT2D eigenvalue weighted by Gasteiger charge is -2.37. The first-order valence-corrected chi connectivity index (χ1v) is 23.6. The van der Waals surface area contributed by atoms with Crippen molar-refractivity contribution in [1.82, 2.24) is 40.4 Å². The summed E-state index contributed by atoms with van der Waals surface area (Å²) in [4.78, 5) is 77.4. The fraction of sp³-hybridized carbons (Fsp3) is 0.529. The molecule has 2 aromatic heterocycles. The van der Waals surface area contributed by atoms with E-state index in [0.29, 0.717) is 38.0 Å². The Morgan fingerprint density at radius 3 is 2.52 bits per heavy atom. The number of methoxy groups -OCH3 is 1. The highest BCUT2D eigenvalue weighted by atomic mass is 16.5. The first-order valence-electron chi connectivity index (χ1n) is 23.6. The second-order valence-electron chi connectivity index (χ2n) is 19.9. The molecule has 4 N–H and O–H groups in total. The number of likely N-dealkylation sites (N-methyl/N-ethyl adjacent to an activating group) is 2. The number of phenols is 1. The van der Waals surface area contributed by atoms with E-state index in [1.54, 1.807) is 26.3 Å². The number of hydrogen-bond acceptors (Lipinski definition) is 11. The van der Waals surface area contributed by atoms with E-state index in [0.717, 1.165) is 44.5 Å². The summed E-state index contributed by atoms with van der Waals surface area (Å²) >= 11 is 0. The van der Waals surface area contributed by atoms with Crippen LogP contribution in [0.15, 0.2) is 54.7 Å². The average Bonchev–Trinajstić information content (AvgIpc) is 4.00. The quantitative estimate of drug-likeness (QED) is 0.113. The standard InChI is InChI=1S/C51H68N8O8/c1-11-58-41-17-16-32-24-36(41)37(46(58)35-14-12-18-52-43(35)29(2)3)25-51(6,7)28-67-50(65)38-15-13-19-59(55-38)48(63)39(22-31-20-33(32)23-34(60)21-31)54-47(62)45(30(4)5)57(9)42(61)26-56(8)49(64)44-40(53-44)27-66-10/h12,14,16-18,20-21,23-24,29-30,38-40,44-45,53,55,60H,11,13,15,19,22,25-28H2,1-10H3,(H,54,62)/t38-,39-,40-,44+,45-/m0/s1. The van der Waals surface area contributed by atoms with Gasteiger partial charge in [0, 0.05) is 68.8 Å². The molecule has 5 heterocycles. The van der Waals surface area contributed by atoms with Crippen LogP contribution in [0.4, 0.5) is 0 Å². The van der Waals surface area contributed by atoms with Crippen LogP contribution in [0, 0.1) is 11.3 Å². The van der Waals surface area contributed by atoms with Crippen LogP contribution in [-0.4, -0.2) is 137 Å². The van der Waals surface area contributed by atoms with E-state index in [4.69, 9.17) is 14.5 Å². The van der Waals surface area contributed by atoms with Gasteiger partial charge in [0.15, 0.2) is 0 Å². The third kappa shape index (κ3) is 10.7. The lowest BCUT2D eigenvalue weighted by Crippen LogP contribution is -2.62. The number of hydrogen-bond donors (Lipinski definition) is 4. The lowest BCUT2D eigenvalue weighted by molar-refractivity contribution is -0.155. The van der Waals surface area contributed by atoms with Gasteiger partial charge in [-0.1, -0.05) is 53.7 Å². The van der Waals surface area contributed by atoms with E-state index in [1.807, 2.05) is 38.2 Å². The maximum absolute atomic E-state index is 14.7. The van der Waals surface area contributed by atoms with Gasteiger partial charge in [0.05, 0.1) is 37.2 Å². The fourth-order valence-corrected chi connectivity index (χ4v) is 9.80. The molecule has 2 aromatic carbocycles. The van der Waals surface area contributed by atoms with Crippen molar-refractivity contribution >= 4 is 40.5 Å². The molecule has 5 atom stereocenters. The first kappa shape index (κ1) is 49.1. The molecule has 0 unspecified atom stereocenters. The van der Waals surface area contributed by atoms with E-state index in [1.165, 1.54) is 21.9 Å². The summed E-state index contributed by atoms with van der Waals surface area (Å²) < 4.78 is 13.6. The molecular formula is C51H68N8O8. The Hall–Kier alpha value is -5.84. The molecule has 6 bridgehead atoms. The lowest BCUT2D eigenvalue weighted by atomic mass is 9.83. The second kappa shape index (κ2) is 20.2. The summed E-state index contributed by atoms with van der Waals surface area (Å²) in [5.41, 5.74) is 9.98. The van der Waals surface area contributed by atoms with Crippen molar-refractivity contribution in [2.75, 3.05) is 47.5 Å². The average molecular weight is 921 g/mol. The van der Waals surface area contributed by atoms with Gasteiger partial charge in [0.2, 0.25) is 17.7 Å². The van der Waals surface area contributed by atoms with Crippen molar-refractivity contribution in [3.05, 3.63) is 71.5 Å². The van der Waals surface area contributed by atoms with Gasteiger partial charge >= 0.3 is 5.97 Å². The van der Waals surface area contributed by atoms with Gasteiger partial charge in [-0.3, -0.25) is 39.3 Å². The second-order valence-corrected chi connectivity index (χ2v) is 19.9. The van der Waals surface area contributed by atoms with Gasteiger partial charge in [0.1, 0.15) is 29.9 Å². The van der Waals surface area contributed by atoms with Gasteiger partial charge in [-0.2, -0.15) is 0 Å². The van der Waals surface area contributed by atoms with Crippen LogP contribution in [0.3, 0.4) is 0 Å². The zero-order chi connectivity index (χ0) is 48.5. The smallest absolute Gasteiger partial charge is 0.324 e. The molecular weight excluding hydrogens is 853 g/mol. The van der Waals surface area contributed by atoms with Crippen LogP contribution in [0.2, 0.25) is 0 Å².